The molecule has 1 N–H and O–H groups in total. The monoisotopic (exact) mass is 309 g/mol. The number of methoxy groups -OCH3 is 1. The van der Waals surface area contributed by atoms with Crippen LogP contribution in [0.25, 0.3) is 0 Å². The normalized spacial score (nSPS) is 25.4. The molecule has 0 amide bonds. The lowest BCUT2D eigenvalue weighted by molar-refractivity contribution is -0.0670. The zero-order valence-corrected chi connectivity index (χ0v) is 15.5. The molecule has 0 aromatic carbocycles. The Balaban J connectivity index is 2.05. The highest BCUT2D eigenvalue weighted by molar-refractivity contribution is 5.82. The van der Waals surface area contributed by atoms with Crippen molar-refractivity contribution in [3.63, 3.8) is 0 Å². The van der Waals surface area contributed by atoms with Crippen LogP contribution in [-0.2, 0) is 4.74 Å². The van der Waals surface area contributed by atoms with E-state index in [0.717, 1.165) is 38.6 Å². The summed E-state index contributed by atoms with van der Waals surface area (Å²) in [5, 5.41) is 3.50. The smallest absolute Gasteiger partial charge is 0.194 e. The van der Waals surface area contributed by atoms with Gasteiger partial charge in [-0.1, -0.05) is 20.3 Å². The number of nitrogens with zero attached hydrogens (tertiary/aromatic N) is 2. The van der Waals surface area contributed by atoms with E-state index < -0.39 is 0 Å². The van der Waals surface area contributed by atoms with Crippen molar-refractivity contribution in [3.05, 3.63) is 0 Å². The van der Waals surface area contributed by atoms with Gasteiger partial charge in [-0.15, -0.1) is 0 Å². The van der Waals surface area contributed by atoms with Crippen LogP contribution in [0.2, 0.25) is 0 Å². The number of ether oxygens (including phenoxy) is 1. The average molecular weight is 309 g/mol. The van der Waals surface area contributed by atoms with Crippen LogP contribution in [0.1, 0.15) is 60.3 Å². The highest BCUT2D eigenvalue weighted by Crippen LogP contribution is 2.47. The molecule has 1 saturated heterocycles. The second kappa shape index (κ2) is 6.38. The maximum atomic E-state index is 5.29. The second-order valence-corrected chi connectivity index (χ2v) is 8.30. The van der Waals surface area contributed by atoms with Gasteiger partial charge in [0.1, 0.15) is 0 Å². The standard InChI is InChI=1S/C18H35N3O/c1-7-19-15(21-14-16(2,3)17(21,4)5)20-13-18(9-8-10-18)11-12-22-6/h7-14H2,1-6H3,(H,19,20). The van der Waals surface area contributed by atoms with Crippen LogP contribution in [0.3, 0.4) is 0 Å². The summed E-state index contributed by atoms with van der Waals surface area (Å²) in [5.41, 5.74) is 0.891. The van der Waals surface area contributed by atoms with Gasteiger partial charge in [-0.2, -0.15) is 0 Å². The summed E-state index contributed by atoms with van der Waals surface area (Å²) in [5.74, 6) is 1.09. The molecule has 4 heteroatoms. The van der Waals surface area contributed by atoms with E-state index in [-0.39, 0.29) is 5.54 Å². The Kier molecular flexibility index (Phi) is 5.10. The lowest BCUT2D eigenvalue weighted by atomic mass is 9.65. The molecule has 128 valence electrons. The first-order valence-electron chi connectivity index (χ1n) is 8.83. The van der Waals surface area contributed by atoms with Crippen molar-refractivity contribution < 1.29 is 4.74 Å². The third-order valence-corrected chi connectivity index (χ3v) is 6.29. The van der Waals surface area contributed by atoms with Gasteiger partial charge in [0.15, 0.2) is 5.96 Å². The fraction of sp³-hybridized carbons (Fsp3) is 0.944. The van der Waals surface area contributed by atoms with Gasteiger partial charge in [0.2, 0.25) is 0 Å². The number of guanidine groups is 1. The Morgan fingerprint density at radius 3 is 2.32 bits per heavy atom. The van der Waals surface area contributed by atoms with E-state index in [9.17, 15) is 0 Å². The van der Waals surface area contributed by atoms with Crippen molar-refractivity contribution in [1.29, 1.82) is 0 Å². The fourth-order valence-electron chi connectivity index (χ4n) is 3.52. The topological polar surface area (TPSA) is 36.9 Å². The minimum absolute atomic E-state index is 0.160. The van der Waals surface area contributed by atoms with Gasteiger partial charge in [0.25, 0.3) is 0 Å². The van der Waals surface area contributed by atoms with Crippen molar-refractivity contribution >= 4 is 5.96 Å². The van der Waals surface area contributed by atoms with Crippen LogP contribution in [0, 0.1) is 10.8 Å². The number of rotatable bonds is 6. The van der Waals surface area contributed by atoms with E-state index in [0.29, 0.717) is 10.8 Å². The summed E-state index contributed by atoms with van der Waals surface area (Å²) in [4.78, 5) is 7.46. The molecule has 0 unspecified atom stereocenters. The maximum Gasteiger partial charge on any atom is 0.194 e. The summed E-state index contributed by atoms with van der Waals surface area (Å²) in [6.07, 6.45) is 5.08. The molecule has 2 rings (SSSR count). The first-order valence-corrected chi connectivity index (χ1v) is 8.83. The second-order valence-electron chi connectivity index (χ2n) is 8.30. The maximum absolute atomic E-state index is 5.29. The van der Waals surface area contributed by atoms with Crippen molar-refractivity contribution in [2.75, 3.05) is 33.4 Å². The molecular weight excluding hydrogens is 274 g/mol. The fourth-order valence-corrected chi connectivity index (χ4v) is 3.52. The molecule has 0 bridgehead atoms. The Bertz CT molecular complexity index is 411. The number of aliphatic imine (C=N–C) groups is 1. The molecule has 22 heavy (non-hydrogen) atoms. The van der Waals surface area contributed by atoms with E-state index in [4.69, 9.17) is 9.73 Å². The van der Waals surface area contributed by atoms with Gasteiger partial charge in [-0.25, -0.2) is 0 Å². The molecule has 0 atom stereocenters. The summed E-state index contributed by atoms with van der Waals surface area (Å²) < 4.78 is 5.29. The van der Waals surface area contributed by atoms with E-state index in [1.165, 1.54) is 19.3 Å². The zero-order valence-electron chi connectivity index (χ0n) is 15.5. The molecule has 4 nitrogen and oxygen atoms in total. The molecular formula is C18H35N3O. The Morgan fingerprint density at radius 1 is 1.23 bits per heavy atom. The van der Waals surface area contributed by atoms with Crippen molar-refractivity contribution in [2.45, 2.75) is 65.8 Å². The van der Waals surface area contributed by atoms with Crippen LogP contribution in [-0.4, -0.2) is 49.7 Å². The number of nitrogens with one attached hydrogen (secondary N) is 1. The Labute approximate surface area is 136 Å². The van der Waals surface area contributed by atoms with Crippen LogP contribution in [0.15, 0.2) is 4.99 Å². The molecule has 0 aromatic heterocycles. The predicted octanol–water partition coefficient (Wildman–Crippen LogP) is 3.28. The predicted molar refractivity (Wildman–Crippen MR) is 93.3 cm³/mol. The molecule has 2 fully saturated rings. The zero-order chi connectivity index (χ0) is 16.4. The van der Waals surface area contributed by atoms with Gasteiger partial charge in [0.05, 0.1) is 0 Å². The van der Waals surface area contributed by atoms with E-state index in [1.807, 2.05) is 0 Å². The highest BCUT2D eigenvalue weighted by Gasteiger charge is 2.53. The van der Waals surface area contributed by atoms with Crippen LogP contribution in [0.5, 0.6) is 0 Å². The van der Waals surface area contributed by atoms with Gasteiger partial charge in [0, 0.05) is 44.3 Å². The number of hydrogen-bond acceptors (Lipinski definition) is 2. The lowest BCUT2D eigenvalue weighted by Gasteiger charge is -2.62. The summed E-state index contributed by atoms with van der Waals surface area (Å²) in [6, 6.07) is 0. The van der Waals surface area contributed by atoms with Crippen molar-refractivity contribution in [1.82, 2.24) is 10.2 Å². The third kappa shape index (κ3) is 3.12. The third-order valence-electron chi connectivity index (χ3n) is 6.29. The Morgan fingerprint density at radius 2 is 1.91 bits per heavy atom. The Hall–Kier alpha value is -0.770. The van der Waals surface area contributed by atoms with Crippen LogP contribution >= 0.6 is 0 Å². The first kappa shape index (κ1) is 17.6. The average Bonchev–Trinajstić information content (AvgIpc) is 2.42. The minimum atomic E-state index is 0.160. The quantitative estimate of drug-likeness (QED) is 0.604. The molecule has 1 aliphatic carbocycles. The van der Waals surface area contributed by atoms with Gasteiger partial charge in [-0.05, 0) is 45.4 Å². The molecule has 0 aromatic rings. The molecule has 0 radical (unpaired) electrons. The first-order chi connectivity index (χ1) is 10.3. The van der Waals surface area contributed by atoms with E-state index in [1.54, 1.807) is 7.11 Å². The van der Waals surface area contributed by atoms with Gasteiger partial charge >= 0.3 is 0 Å². The number of likely N-dealkylation sites (tertiary alicyclic amines) is 1. The van der Waals surface area contributed by atoms with Crippen molar-refractivity contribution in [3.8, 4) is 0 Å². The molecule has 1 saturated carbocycles. The lowest BCUT2D eigenvalue weighted by Crippen LogP contribution is -2.72. The largest absolute Gasteiger partial charge is 0.385 e. The van der Waals surface area contributed by atoms with E-state index >= 15 is 0 Å². The van der Waals surface area contributed by atoms with Crippen LogP contribution < -0.4 is 5.32 Å². The SMILES string of the molecule is CCNC(=NCC1(CCOC)CCC1)N1CC(C)(C)C1(C)C. The molecule has 1 aliphatic heterocycles. The van der Waals surface area contributed by atoms with Crippen LogP contribution in [0.4, 0.5) is 0 Å². The summed E-state index contributed by atoms with van der Waals surface area (Å²) in [7, 11) is 1.80. The summed E-state index contributed by atoms with van der Waals surface area (Å²) in [6.45, 7) is 15.3. The molecule has 0 spiro atoms. The molecule has 2 aliphatic rings. The van der Waals surface area contributed by atoms with Gasteiger partial charge < -0.3 is 15.0 Å². The van der Waals surface area contributed by atoms with Crippen molar-refractivity contribution in [2.24, 2.45) is 15.8 Å². The molecule has 1 heterocycles. The number of hydrogen-bond donors (Lipinski definition) is 1. The van der Waals surface area contributed by atoms with E-state index in [2.05, 4.69) is 44.8 Å². The van der Waals surface area contributed by atoms with Gasteiger partial charge in [-0.3, -0.25) is 4.99 Å². The summed E-state index contributed by atoms with van der Waals surface area (Å²) >= 11 is 0. The highest BCUT2D eigenvalue weighted by atomic mass is 16.5. The minimum Gasteiger partial charge on any atom is -0.385 e.